The van der Waals surface area contributed by atoms with Crippen molar-refractivity contribution in [2.75, 3.05) is 11.6 Å². The van der Waals surface area contributed by atoms with Crippen LogP contribution in [0.4, 0.5) is 11.5 Å². The van der Waals surface area contributed by atoms with Crippen LogP contribution in [0.1, 0.15) is 5.69 Å². The van der Waals surface area contributed by atoms with E-state index in [1.165, 1.54) is 24.5 Å². The summed E-state index contributed by atoms with van der Waals surface area (Å²) in [6.45, 7) is 0. The second-order valence-electron chi connectivity index (χ2n) is 4.04. The molecule has 8 heteroatoms. The summed E-state index contributed by atoms with van der Waals surface area (Å²) in [7, 11) is -3.21. The van der Waals surface area contributed by atoms with Gasteiger partial charge in [-0.3, -0.25) is 0 Å². The largest absolute Gasteiger partial charge is 0.388 e. The van der Waals surface area contributed by atoms with Crippen LogP contribution in [0.15, 0.2) is 41.6 Å². The number of benzene rings is 1. The first-order chi connectivity index (χ1) is 9.38. The maximum absolute atomic E-state index is 11.4. The lowest BCUT2D eigenvalue weighted by atomic mass is 10.3. The minimum Gasteiger partial charge on any atom is -0.388 e. The molecule has 1 heterocycles. The molecule has 0 spiro atoms. The number of nitrogens with two attached hydrogens (primary N) is 1. The molecule has 0 aliphatic rings. The maximum Gasteiger partial charge on any atom is 0.175 e. The Morgan fingerprint density at radius 2 is 1.80 bits per heavy atom. The lowest BCUT2D eigenvalue weighted by Crippen LogP contribution is -2.14. The highest BCUT2D eigenvalue weighted by molar-refractivity contribution is 7.90. The standard InChI is InChI=1S/C12H12N4O2S2/c1-20(17,18)9-4-2-8(3-5-9)16-12-10(11(13)19)14-6-7-15-12/h2-7H,1H3,(H2,13,19)(H,15,16). The SMILES string of the molecule is CS(=O)(=O)c1ccc(Nc2nccnc2C(N)=S)cc1. The number of hydrogen-bond donors (Lipinski definition) is 2. The summed E-state index contributed by atoms with van der Waals surface area (Å²) in [6.07, 6.45) is 4.16. The molecular weight excluding hydrogens is 296 g/mol. The molecule has 0 aliphatic heterocycles. The number of nitrogens with zero attached hydrogens (tertiary/aromatic N) is 2. The van der Waals surface area contributed by atoms with E-state index in [1.54, 1.807) is 12.1 Å². The summed E-state index contributed by atoms with van der Waals surface area (Å²) in [5.74, 6) is 0.423. The molecule has 0 atom stereocenters. The number of nitrogens with one attached hydrogen (secondary N) is 1. The van der Waals surface area contributed by atoms with E-state index in [2.05, 4.69) is 15.3 Å². The number of aromatic nitrogens is 2. The third kappa shape index (κ3) is 3.28. The molecule has 0 bridgehead atoms. The minimum absolute atomic E-state index is 0.133. The van der Waals surface area contributed by atoms with Gasteiger partial charge in [0.1, 0.15) is 10.7 Å². The molecule has 0 radical (unpaired) electrons. The summed E-state index contributed by atoms with van der Waals surface area (Å²) in [5, 5.41) is 3.00. The number of hydrogen-bond acceptors (Lipinski definition) is 6. The molecule has 0 aliphatic carbocycles. The summed E-state index contributed by atoms with van der Waals surface area (Å²) in [5.41, 5.74) is 6.61. The van der Waals surface area contributed by atoms with Gasteiger partial charge in [-0.05, 0) is 24.3 Å². The van der Waals surface area contributed by atoms with Crippen molar-refractivity contribution in [3.8, 4) is 0 Å². The predicted octanol–water partition coefficient (Wildman–Crippen LogP) is 1.26. The van der Waals surface area contributed by atoms with Crippen LogP contribution >= 0.6 is 12.2 Å². The van der Waals surface area contributed by atoms with Gasteiger partial charge in [0, 0.05) is 24.3 Å². The van der Waals surface area contributed by atoms with Crippen LogP contribution in [0.25, 0.3) is 0 Å². The van der Waals surface area contributed by atoms with Crippen molar-refractivity contribution in [1.82, 2.24) is 9.97 Å². The summed E-state index contributed by atoms with van der Waals surface area (Å²) < 4.78 is 22.7. The molecule has 2 aromatic rings. The molecular formula is C12H12N4O2S2. The van der Waals surface area contributed by atoms with Gasteiger partial charge in [-0.15, -0.1) is 0 Å². The lowest BCUT2D eigenvalue weighted by Gasteiger charge is -2.09. The second kappa shape index (κ2) is 5.51. The fourth-order valence-corrected chi connectivity index (χ4v) is 2.31. The molecule has 0 saturated carbocycles. The first-order valence-corrected chi connectivity index (χ1v) is 7.86. The quantitative estimate of drug-likeness (QED) is 0.820. The Bertz CT molecular complexity index is 742. The second-order valence-corrected chi connectivity index (χ2v) is 6.49. The highest BCUT2D eigenvalue weighted by atomic mass is 32.2. The van der Waals surface area contributed by atoms with E-state index in [9.17, 15) is 8.42 Å². The summed E-state index contributed by atoms with van der Waals surface area (Å²) >= 11 is 4.89. The smallest absolute Gasteiger partial charge is 0.175 e. The van der Waals surface area contributed by atoms with Crippen LogP contribution in [0, 0.1) is 0 Å². The van der Waals surface area contributed by atoms with Gasteiger partial charge in [0.2, 0.25) is 0 Å². The van der Waals surface area contributed by atoms with Crippen molar-refractivity contribution in [3.05, 3.63) is 42.4 Å². The van der Waals surface area contributed by atoms with Crippen molar-refractivity contribution < 1.29 is 8.42 Å². The maximum atomic E-state index is 11.4. The zero-order valence-electron chi connectivity index (χ0n) is 10.6. The van der Waals surface area contributed by atoms with Crippen molar-refractivity contribution in [2.24, 2.45) is 5.73 Å². The van der Waals surface area contributed by atoms with Crippen molar-refractivity contribution in [1.29, 1.82) is 0 Å². The van der Waals surface area contributed by atoms with Crippen LogP contribution in [0.5, 0.6) is 0 Å². The van der Waals surface area contributed by atoms with E-state index in [1.807, 2.05) is 0 Å². The zero-order chi connectivity index (χ0) is 14.8. The molecule has 0 fully saturated rings. The Balaban J connectivity index is 2.30. The highest BCUT2D eigenvalue weighted by Gasteiger charge is 2.09. The molecule has 3 N–H and O–H groups in total. The molecule has 0 unspecified atom stereocenters. The molecule has 1 aromatic heterocycles. The zero-order valence-corrected chi connectivity index (χ0v) is 12.2. The summed E-state index contributed by atoms with van der Waals surface area (Å²) in [4.78, 5) is 8.53. The molecule has 1 aromatic carbocycles. The average molecular weight is 308 g/mol. The van der Waals surface area contributed by atoms with E-state index in [-0.39, 0.29) is 9.88 Å². The first-order valence-electron chi connectivity index (χ1n) is 5.56. The fraction of sp³-hybridized carbons (Fsp3) is 0.0833. The molecule has 2 rings (SSSR count). The normalized spacial score (nSPS) is 11.1. The van der Waals surface area contributed by atoms with Crippen LogP contribution < -0.4 is 11.1 Å². The van der Waals surface area contributed by atoms with Crippen molar-refractivity contribution >= 4 is 38.5 Å². The van der Waals surface area contributed by atoms with E-state index in [4.69, 9.17) is 18.0 Å². The molecule has 20 heavy (non-hydrogen) atoms. The minimum atomic E-state index is -3.21. The third-order valence-corrected chi connectivity index (χ3v) is 3.80. The Kier molecular flexibility index (Phi) is 3.96. The van der Waals surface area contributed by atoms with E-state index < -0.39 is 9.84 Å². The molecule has 6 nitrogen and oxygen atoms in total. The van der Waals surface area contributed by atoms with Gasteiger partial charge in [0.25, 0.3) is 0 Å². The fourth-order valence-electron chi connectivity index (χ4n) is 1.53. The Labute approximate surface area is 122 Å². The van der Waals surface area contributed by atoms with Gasteiger partial charge >= 0.3 is 0 Å². The van der Waals surface area contributed by atoms with Crippen LogP contribution in [-0.4, -0.2) is 29.6 Å². The van der Waals surface area contributed by atoms with Crippen LogP contribution in [0.2, 0.25) is 0 Å². The van der Waals surface area contributed by atoms with E-state index >= 15 is 0 Å². The van der Waals surface area contributed by atoms with Crippen LogP contribution in [-0.2, 0) is 9.84 Å². The van der Waals surface area contributed by atoms with Crippen molar-refractivity contribution in [3.63, 3.8) is 0 Å². The van der Waals surface area contributed by atoms with E-state index in [0.29, 0.717) is 17.2 Å². The van der Waals surface area contributed by atoms with Gasteiger partial charge in [0.15, 0.2) is 15.7 Å². The Hall–Kier alpha value is -2.06. The Morgan fingerprint density at radius 1 is 1.20 bits per heavy atom. The molecule has 0 saturated heterocycles. The number of anilines is 2. The number of rotatable bonds is 4. The third-order valence-electron chi connectivity index (χ3n) is 2.48. The highest BCUT2D eigenvalue weighted by Crippen LogP contribution is 2.19. The predicted molar refractivity (Wildman–Crippen MR) is 80.8 cm³/mol. The van der Waals surface area contributed by atoms with Gasteiger partial charge in [-0.2, -0.15) is 0 Å². The van der Waals surface area contributed by atoms with Gasteiger partial charge < -0.3 is 11.1 Å². The topological polar surface area (TPSA) is 98.0 Å². The monoisotopic (exact) mass is 308 g/mol. The number of thiocarbonyl (C=S) groups is 1. The van der Waals surface area contributed by atoms with E-state index in [0.717, 1.165) is 6.26 Å². The Morgan fingerprint density at radius 3 is 2.35 bits per heavy atom. The van der Waals surface area contributed by atoms with Crippen LogP contribution in [0.3, 0.4) is 0 Å². The lowest BCUT2D eigenvalue weighted by molar-refractivity contribution is 0.602. The number of sulfone groups is 1. The van der Waals surface area contributed by atoms with Gasteiger partial charge in [-0.25, -0.2) is 18.4 Å². The molecule has 104 valence electrons. The molecule has 0 amide bonds. The van der Waals surface area contributed by atoms with Gasteiger partial charge in [-0.1, -0.05) is 12.2 Å². The van der Waals surface area contributed by atoms with Gasteiger partial charge in [0.05, 0.1) is 4.90 Å². The summed E-state index contributed by atoms with van der Waals surface area (Å²) in [6, 6.07) is 6.28. The van der Waals surface area contributed by atoms with Crippen molar-refractivity contribution in [2.45, 2.75) is 4.90 Å². The first kappa shape index (κ1) is 14.4. The average Bonchev–Trinajstić information content (AvgIpc) is 2.38.